The maximum Gasteiger partial charge on any atom is 0.140 e. The van der Waals surface area contributed by atoms with E-state index in [1.807, 2.05) is 31.2 Å². The Morgan fingerprint density at radius 3 is 2.84 bits per heavy atom. The first kappa shape index (κ1) is 13.0. The number of hydrogen-bond acceptors (Lipinski definition) is 4. The molecule has 0 radical (unpaired) electrons. The third-order valence-electron chi connectivity index (χ3n) is 2.84. The van der Waals surface area contributed by atoms with Crippen molar-refractivity contribution < 1.29 is 4.74 Å². The fraction of sp³-hybridized carbons (Fsp3) is 0.286. The van der Waals surface area contributed by atoms with E-state index in [0.717, 1.165) is 11.3 Å². The van der Waals surface area contributed by atoms with Crippen molar-refractivity contribution in [1.82, 2.24) is 9.78 Å². The number of nitriles is 1. The number of rotatable bonds is 4. The van der Waals surface area contributed by atoms with Gasteiger partial charge in [0, 0.05) is 0 Å². The fourth-order valence-corrected chi connectivity index (χ4v) is 1.86. The maximum atomic E-state index is 8.93. The van der Waals surface area contributed by atoms with Crippen LogP contribution in [-0.2, 0) is 6.54 Å². The topological polar surface area (TPSA) is 76.9 Å². The number of anilines is 1. The lowest BCUT2D eigenvalue weighted by Gasteiger charge is -2.08. The molecule has 0 aliphatic rings. The van der Waals surface area contributed by atoms with E-state index >= 15 is 0 Å². The van der Waals surface area contributed by atoms with Gasteiger partial charge < -0.3 is 10.5 Å². The Bertz CT molecular complexity index is 625. The third kappa shape index (κ3) is 2.86. The SMILES string of the molecule is Cc1cccc(OCCn2nc(C)c(C#N)c2N)c1. The van der Waals surface area contributed by atoms with Gasteiger partial charge in [-0.05, 0) is 31.5 Å². The lowest BCUT2D eigenvalue weighted by molar-refractivity contribution is 0.292. The molecule has 5 heteroatoms. The standard InChI is InChI=1S/C14H16N4O/c1-10-4-3-5-12(8-10)19-7-6-18-14(16)13(9-15)11(2)17-18/h3-5,8H,6-7,16H2,1-2H3. The molecule has 1 aromatic heterocycles. The van der Waals surface area contributed by atoms with Crippen LogP contribution in [0.15, 0.2) is 24.3 Å². The van der Waals surface area contributed by atoms with E-state index in [4.69, 9.17) is 15.7 Å². The van der Waals surface area contributed by atoms with Crippen LogP contribution in [0, 0.1) is 25.2 Å². The van der Waals surface area contributed by atoms with Gasteiger partial charge >= 0.3 is 0 Å². The average molecular weight is 256 g/mol. The number of aromatic nitrogens is 2. The van der Waals surface area contributed by atoms with E-state index in [1.165, 1.54) is 0 Å². The van der Waals surface area contributed by atoms with E-state index in [2.05, 4.69) is 11.2 Å². The van der Waals surface area contributed by atoms with Gasteiger partial charge in [0.25, 0.3) is 0 Å². The number of nitrogens with zero attached hydrogens (tertiary/aromatic N) is 3. The molecule has 1 heterocycles. The molecule has 0 bridgehead atoms. The molecule has 0 amide bonds. The fourth-order valence-electron chi connectivity index (χ4n) is 1.86. The Balaban J connectivity index is 1.99. The first-order chi connectivity index (χ1) is 9.11. The molecule has 98 valence electrons. The second-order valence-corrected chi connectivity index (χ2v) is 4.35. The third-order valence-corrected chi connectivity index (χ3v) is 2.84. The first-order valence-electron chi connectivity index (χ1n) is 6.04. The highest BCUT2D eigenvalue weighted by molar-refractivity contribution is 5.51. The zero-order valence-corrected chi connectivity index (χ0v) is 11.1. The summed E-state index contributed by atoms with van der Waals surface area (Å²) >= 11 is 0. The molecule has 0 atom stereocenters. The Hall–Kier alpha value is -2.48. The largest absolute Gasteiger partial charge is 0.492 e. The molecule has 0 aliphatic carbocycles. The van der Waals surface area contributed by atoms with E-state index < -0.39 is 0 Å². The lowest BCUT2D eigenvalue weighted by Crippen LogP contribution is -2.12. The van der Waals surface area contributed by atoms with Crippen molar-refractivity contribution in [1.29, 1.82) is 5.26 Å². The van der Waals surface area contributed by atoms with Crippen molar-refractivity contribution >= 4 is 5.82 Å². The molecule has 0 spiro atoms. The number of hydrogen-bond donors (Lipinski definition) is 1. The Labute approximate surface area is 112 Å². The van der Waals surface area contributed by atoms with Crippen molar-refractivity contribution in [2.24, 2.45) is 0 Å². The number of ether oxygens (including phenoxy) is 1. The van der Waals surface area contributed by atoms with Crippen LogP contribution in [0.2, 0.25) is 0 Å². The van der Waals surface area contributed by atoms with Crippen LogP contribution in [0.25, 0.3) is 0 Å². The van der Waals surface area contributed by atoms with Gasteiger partial charge in [0.1, 0.15) is 29.8 Å². The molecule has 1 aromatic carbocycles. The van der Waals surface area contributed by atoms with Gasteiger partial charge in [-0.2, -0.15) is 10.4 Å². The molecular formula is C14H16N4O. The molecule has 2 N–H and O–H groups in total. The lowest BCUT2D eigenvalue weighted by atomic mass is 10.2. The van der Waals surface area contributed by atoms with Gasteiger partial charge in [-0.25, -0.2) is 4.68 Å². The summed E-state index contributed by atoms with van der Waals surface area (Å²) in [5.41, 5.74) is 8.08. The highest BCUT2D eigenvalue weighted by Gasteiger charge is 2.11. The maximum absolute atomic E-state index is 8.93. The summed E-state index contributed by atoms with van der Waals surface area (Å²) in [5, 5.41) is 13.2. The molecule has 0 saturated heterocycles. The summed E-state index contributed by atoms with van der Waals surface area (Å²) in [6.45, 7) is 4.76. The second kappa shape index (κ2) is 5.44. The highest BCUT2D eigenvalue weighted by Crippen LogP contribution is 2.15. The number of benzene rings is 1. The van der Waals surface area contributed by atoms with Crippen LogP contribution in [0.4, 0.5) is 5.82 Å². The van der Waals surface area contributed by atoms with Gasteiger partial charge in [-0.3, -0.25) is 0 Å². The average Bonchev–Trinajstić information content (AvgIpc) is 2.64. The monoisotopic (exact) mass is 256 g/mol. The molecule has 0 fully saturated rings. The van der Waals surface area contributed by atoms with Gasteiger partial charge in [0.05, 0.1) is 12.2 Å². The Morgan fingerprint density at radius 1 is 1.42 bits per heavy atom. The van der Waals surface area contributed by atoms with Gasteiger partial charge in [-0.1, -0.05) is 12.1 Å². The molecule has 19 heavy (non-hydrogen) atoms. The van der Waals surface area contributed by atoms with Crippen molar-refractivity contribution in [2.75, 3.05) is 12.3 Å². The van der Waals surface area contributed by atoms with Crippen LogP contribution in [0.3, 0.4) is 0 Å². The Kier molecular flexibility index (Phi) is 3.71. The first-order valence-corrected chi connectivity index (χ1v) is 6.04. The van der Waals surface area contributed by atoms with E-state index in [-0.39, 0.29) is 0 Å². The quantitative estimate of drug-likeness (QED) is 0.908. The summed E-state index contributed by atoms with van der Waals surface area (Å²) in [4.78, 5) is 0. The molecule has 0 aliphatic heterocycles. The van der Waals surface area contributed by atoms with Gasteiger partial charge in [0.15, 0.2) is 0 Å². The second-order valence-electron chi connectivity index (χ2n) is 4.35. The number of aryl methyl sites for hydroxylation is 2. The van der Waals surface area contributed by atoms with Gasteiger partial charge in [0.2, 0.25) is 0 Å². The zero-order chi connectivity index (χ0) is 13.8. The normalized spacial score (nSPS) is 10.2. The van der Waals surface area contributed by atoms with Crippen molar-refractivity contribution in [3.63, 3.8) is 0 Å². The molecule has 2 aromatic rings. The number of nitrogens with two attached hydrogens (primary N) is 1. The van der Waals surface area contributed by atoms with Crippen LogP contribution < -0.4 is 10.5 Å². The van der Waals surface area contributed by atoms with Crippen LogP contribution in [0.1, 0.15) is 16.8 Å². The van der Waals surface area contributed by atoms with Crippen molar-refractivity contribution in [3.8, 4) is 11.8 Å². The van der Waals surface area contributed by atoms with Crippen LogP contribution >= 0.6 is 0 Å². The van der Waals surface area contributed by atoms with Crippen molar-refractivity contribution in [2.45, 2.75) is 20.4 Å². The highest BCUT2D eigenvalue weighted by atomic mass is 16.5. The molecule has 5 nitrogen and oxygen atoms in total. The Morgan fingerprint density at radius 2 is 2.21 bits per heavy atom. The summed E-state index contributed by atoms with van der Waals surface area (Å²) in [6.07, 6.45) is 0. The molecular weight excluding hydrogens is 240 g/mol. The predicted octanol–water partition coefficient (Wildman–Crippen LogP) is 2.03. The minimum atomic E-state index is 0.396. The van der Waals surface area contributed by atoms with E-state index in [9.17, 15) is 0 Å². The minimum absolute atomic E-state index is 0.396. The summed E-state index contributed by atoms with van der Waals surface area (Å²) in [5.74, 6) is 1.22. The minimum Gasteiger partial charge on any atom is -0.492 e. The predicted molar refractivity (Wildman–Crippen MR) is 72.8 cm³/mol. The van der Waals surface area contributed by atoms with Crippen LogP contribution in [-0.4, -0.2) is 16.4 Å². The van der Waals surface area contributed by atoms with E-state index in [1.54, 1.807) is 11.6 Å². The molecule has 2 rings (SSSR count). The summed E-state index contributed by atoms with van der Waals surface area (Å²) < 4.78 is 7.23. The summed E-state index contributed by atoms with van der Waals surface area (Å²) in [6, 6.07) is 9.89. The summed E-state index contributed by atoms with van der Waals surface area (Å²) in [7, 11) is 0. The molecule has 0 saturated carbocycles. The van der Waals surface area contributed by atoms with Crippen LogP contribution in [0.5, 0.6) is 5.75 Å². The smallest absolute Gasteiger partial charge is 0.140 e. The van der Waals surface area contributed by atoms with Crippen molar-refractivity contribution in [3.05, 3.63) is 41.1 Å². The zero-order valence-electron chi connectivity index (χ0n) is 11.1. The number of nitrogen functional groups attached to an aromatic ring is 1. The van der Waals surface area contributed by atoms with Gasteiger partial charge in [-0.15, -0.1) is 0 Å². The van der Waals surface area contributed by atoms with E-state index in [0.29, 0.717) is 30.2 Å². The molecule has 0 unspecified atom stereocenters.